The summed E-state index contributed by atoms with van der Waals surface area (Å²) >= 11 is 0. The summed E-state index contributed by atoms with van der Waals surface area (Å²) in [6.07, 6.45) is -13.7. The molecular weight excluding hydrogens is 370 g/mol. The molecule has 0 aromatic rings. The minimum absolute atomic E-state index is 0.470. The Labute approximate surface area is 154 Å². The number of carboxylic acids is 1. The van der Waals surface area contributed by atoms with Crippen molar-refractivity contribution in [2.45, 2.75) is 75.0 Å². The fourth-order valence-corrected chi connectivity index (χ4v) is 3.20. The Kier molecular flexibility index (Phi) is 7.10. The van der Waals surface area contributed by atoms with E-state index in [2.05, 4.69) is 5.32 Å². The predicted molar refractivity (Wildman–Crippen MR) is 84.2 cm³/mol. The van der Waals surface area contributed by atoms with Crippen LogP contribution in [0.5, 0.6) is 0 Å². The van der Waals surface area contributed by atoms with Gasteiger partial charge in [0.1, 0.15) is 36.6 Å². The smallest absolute Gasteiger partial charge is 0.335 e. The summed E-state index contributed by atoms with van der Waals surface area (Å²) in [5.41, 5.74) is 0. The molecule has 27 heavy (non-hydrogen) atoms. The number of hydrogen-bond donors (Lipinski definition) is 7. The number of carbonyl (C=O) groups excluding carboxylic acids is 1. The van der Waals surface area contributed by atoms with Crippen LogP contribution in [0.15, 0.2) is 0 Å². The molecule has 12 heteroatoms. The van der Waals surface area contributed by atoms with Crippen molar-refractivity contribution in [3.63, 3.8) is 0 Å². The molecule has 2 aliphatic heterocycles. The number of carbonyl (C=O) groups is 2. The Morgan fingerprint density at radius 3 is 2.19 bits per heavy atom. The van der Waals surface area contributed by atoms with Crippen LogP contribution in [0.4, 0.5) is 0 Å². The Morgan fingerprint density at radius 1 is 1.04 bits per heavy atom. The van der Waals surface area contributed by atoms with Gasteiger partial charge in [0.25, 0.3) is 0 Å². The molecular formula is C15H25NO11. The van der Waals surface area contributed by atoms with Crippen LogP contribution in [0.3, 0.4) is 0 Å². The van der Waals surface area contributed by atoms with E-state index >= 15 is 0 Å². The van der Waals surface area contributed by atoms with Crippen LogP contribution in [0.2, 0.25) is 0 Å². The van der Waals surface area contributed by atoms with Crippen LogP contribution in [0.25, 0.3) is 0 Å². The van der Waals surface area contributed by atoms with E-state index < -0.39 is 79.6 Å². The van der Waals surface area contributed by atoms with Gasteiger partial charge in [-0.05, 0) is 6.92 Å². The molecule has 12 nitrogen and oxygen atoms in total. The molecule has 2 aliphatic rings. The highest BCUT2D eigenvalue weighted by molar-refractivity contribution is 5.73. The van der Waals surface area contributed by atoms with E-state index in [4.69, 9.17) is 19.3 Å². The van der Waals surface area contributed by atoms with Crippen LogP contribution in [0.1, 0.15) is 13.8 Å². The van der Waals surface area contributed by atoms with Gasteiger partial charge < -0.3 is 50.2 Å². The van der Waals surface area contributed by atoms with Gasteiger partial charge in [0.15, 0.2) is 12.4 Å². The summed E-state index contributed by atoms with van der Waals surface area (Å²) in [5.74, 6) is -2.06. The summed E-state index contributed by atoms with van der Waals surface area (Å²) in [4.78, 5) is 22.7. The second kappa shape index (κ2) is 8.75. The molecule has 10 unspecified atom stereocenters. The average Bonchev–Trinajstić information content (AvgIpc) is 2.60. The summed E-state index contributed by atoms with van der Waals surface area (Å²) < 4.78 is 16.0. The Balaban J connectivity index is 2.25. The first kappa shape index (κ1) is 21.9. The molecule has 0 aromatic carbocycles. The minimum atomic E-state index is -1.90. The van der Waals surface area contributed by atoms with Crippen molar-refractivity contribution in [3.8, 4) is 0 Å². The van der Waals surface area contributed by atoms with E-state index in [1.54, 1.807) is 6.92 Å². The molecule has 0 saturated carbocycles. The fraction of sp³-hybridized carbons (Fsp3) is 0.867. The van der Waals surface area contributed by atoms with Gasteiger partial charge in [-0.2, -0.15) is 0 Å². The molecule has 10 atom stereocenters. The average molecular weight is 395 g/mol. The summed E-state index contributed by atoms with van der Waals surface area (Å²) in [6.45, 7) is 2.22. The van der Waals surface area contributed by atoms with Gasteiger partial charge in [-0.25, -0.2) is 4.79 Å². The molecule has 2 fully saturated rings. The number of aliphatic hydroxyl groups is 5. The van der Waals surface area contributed by atoms with Gasteiger partial charge in [0.2, 0.25) is 5.91 Å². The standard InChI is InChI=1S/C15H25NO11/c1-4-7(16-5(2)18)12(8(19)6(3-17)25-4)26-15-11(22)9(20)10(21)13(27-15)14(23)24/h4,6-13,15,17,19-22H,3H2,1-2H3,(H,16,18)(H,23,24). The van der Waals surface area contributed by atoms with Gasteiger partial charge in [0.05, 0.1) is 18.8 Å². The third kappa shape index (κ3) is 4.55. The van der Waals surface area contributed by atoms with E-state index in [1.165, 1.54) is 6.92 Å². The molecule has 2 heterocycles. The number of amides is 1. The zero-order valence-corrected chi connectivity index (χ0v) is 14.7. The van der Waals surface area contributed by atoms with Crippen molar-refractivity contribution in [2.75, 3.05) is 6.61 Å². The van der Waals surface area contributed by atoms with Crippen LogP contribution in [-0.4, -0.2) is 110 Å². The van der Waals surface area contributed by atoms with Crippen LogP contribution in [-0.2, 0) is 23.8 Å². The maximum Gasteiger partial charge on any atom is 0.335 e. The molecule has 7 N–H and O–H groups in total. The molecule has 0 radical (unpaired) electrons. The minimum Gasteiger partial charge on any atom is -0.479 e. The van der Waals surface area contributed by atoms with Gasteiger partial charge >= 0.3 is 5.97 Å². The Hall–Kier alpha value is -1.38. The van der Waals surface area contributed by atoms with Crippen molar-refractivity contribution in [2.24, 2.45) is 0 Å². The molecule has 2 saturated heterocycles. The lowest BCUT2D eigenvalue weighted by molar-refractivity contribution is -0.325. The number of aliphatic carboxylic acids is 1. The third-order valence-corrected chi connectivity index (χ3v) is 4.62. The van der Waals surface area contributed by atoms with Crippen molar-refractivity contribution >= 4 is 11.9 Å². The quantitative estimate of drug-likeness (QED) is 0.239. The first-order valence-electron chi connectivity index (χ1n) is 8.37. The monoisotopic (exact) mass is 395 g/mol. The molecule has 0 bridgehead atoms. The second-order valence-electron chi connectivity index (χ2n) is 6.61. The number of nitrogens with one attached hydrogen (secondary N) is 1. The number of ether oxygens (including phenoxy) is 3. The lowest BCUT2D eigenvalue weighted by atomic mass is 9.92. The zero-order chi connectivity index (χ0) is 20.5. The van der Waals surface area contributed by atoms with Gasteiger partial charge in [-0.3, -0.25) is 4.79 Å². The summed E-state index contributed by atoms with van der Waals surface area (Å²) in [6, 6.07) is -0.927. The van der Waals surface area contributed by atoms with Crippen LogP contribution >= 0.6 is 0 Å². The lowest BCUT2D eigenvalue weighted by Crippen LogP contribution is -2.67. The van der Waals surface area contributed by atoms with Crippen molar-refractivity contribution in [1.29, 1.82) is 0 Å². The molecule has 1 amide bonds. The molecule has 2 rings (SSSR count). The second-order valence-corrected chi connectivity index (χ2v) is 6.61. The lowest BCUT2D eigenvalue weighted by Gasteiger charge is -2.46. The molecule has 156 valence electrons. The van der Waals surface area contributed by atoms with E-state index in [1.807, 2.05) is 0 Å². The van der Waals surface area contributed by atoms with Crippen LogP contribution < -0.4 is 5.32 Å². The summed E-state index contributed by atoms with van der Waals surface area (Å²) in [7, 11) is 0. The van der Waals surface area contributed by atoms with E-state index in [0.717, 1.165) is 0 Å². The van der Waals surface area contributed by atoms with Crippen LogP contribution in [0, 0.1) is 0 Å². The SMILES string of the molecule is CC(=O)NC1C(C)OC(CO)C(O)C1OC1OC(C(=O)O)C(O)C(O)C1O. The first-order chi connectivity index (χ1) is 12.6. The Bertz CT molecular complexity index is 546. The molecule has 0 aromatic heterocycles. The zero-order valence-electron chi connectivity index (χ0n) is 14.7. The summed E-state index contributed by atoms with van der Waals surface area (Å²) in [5, 5.41) is 61.0. The number of carboxylic acid groups (broad SMARTS) is 1. The molecule has 0 spiro atoms. The van der Waals surface area contributed by atoms with E-state index in [-0.39, 0.29) is 0 Å². The van der Waals surface area contributed by atoms with Gasteiger partial charge in [-0.1, -0.05) is 0 Å². The maximum absolute atomic E-state index is 11.5. The topological polar surface area (TPSA) is 195 Å². The van der Waals surface area contributed by atoms with E-state index in [9.17, 15) is 35.1 Å². The van der Waals surface area contributed by atoms with Crippen molar-refractivity contribution in [1.82, 2.24) is 5.32 Å². The predicted octanol–water partition coefficient (Wildman–Crippen LogP) is -4.09. The van der Waals surface area contributed by atoms with E-state index in [0.29, 0.717) is 0 Å². The number of rotatable bonds is 5. The highest BCUT2D eigenvalue weighted by atomic mass is 16.7. The fourth-order valence-electron chi connectivity index (χ4n) is 3.20. The maximum atomic E-state index is 11.5. The first-order valence-corrected chi connectivity index (χ1v) is 8.37. The van der Waals surface area contributed by atoms with Gasteiger partial charge in [0, 0.05) is 6.92 Å². The normalized spacial score (nSPS) is 45.3. The van der Waals surface area contributed by atoms with Gasteiger partial charge in [-0.15, -0.1) is 0 Å². The van der Waals surface area contributed by atoms with Crippen molar-refractivity contribution in [3.05, 3.63) is 0 Å². The van der Waals surface area contributed by atoms with Crippen molar-refractivity contribution < 1.29 is 54.4 Å². The highest BCUT2D eigenvalue weighted by Crippen LogP contribution is 2.29. The third-order valence-electron chi connectivity index (χ3n) is 4.62. The molecule has 0 aliphatic carbocycles. The highest BCUT2D eigenvalue weighted by Gasteiger charge is 2.51. The largest absolute Gasteiger partial charge is 0.479 e. The Morgan fingerprint density at radius 2 is 1.67 bits per heavy atom. The number of hydrogen-bond acceptors (Lipinski definition) is 10. The number of aliphatic hydroxyl groups excluding tert-OH is 5.